The van der Waals surface area contributed by atoms with Crippen molar-refractivity contribution in [3.8, 4) is 0 Å². The van der Waals surface area contributed by atoms with Crippen molar-refractivity contribution in [2.24, 2.45) is 0 Å². The molecule has 0 aromatic carbocycles. The molecular weight excluding hydrogens is 112 g/mol. The number of allylic oxidation sites excluding steroid dienone is 1. The minimum absolute atomic E-state index is 0.961. The van der Waals surface area contributed by atoms with Gasteiger partial charge in [0, 0.05) is 0 Å². The van der Waals surface area contributed by atoms with E-state index in [1.807, 2.05) is 32.2 Å². The van der Waals surface area contributed by atoms with Crippen LogP contribution in [0.25, 0.3) is 6.08 Å². The lowest BCUT2D eigenvalue weighted by molar-refractivity contribution is 1.15. The smallest absolute Gasteiger partial charge is 0.103 e. The Morgan fingerprint density at radius 2 is 2.44 bits per heavy atom. The van der Waals surface area contributed by atoms with Gasteiger partial charge in [-0.1, -0.05) is 6.08 Å². The van der Waals surface area contributed by atoms with Gasteiger partial charge in [0.1, 0.15) is 5.82 Å². The fourth-order valence-corrected chi connectivity index (χ4v) is 0.704. The molecule has 48 valence electrons. The molecule has 0 aliphatic rings. The molecule has 0 saturated carbocycles. The van der Waals surface area contributed by atoms with Gasteiger partial charge >= 0.3 is 0 Å². The first-order chi connectivity index (χ1) is 4.33. The molecule has 0 spiro atoms. The van der Waals surface area contributed by atoms with E-state index in [9.17, 15) is 0 Å². The maximum Gasteiger partial charge on any atom is 0.103 e. The lowest BCUT2D eigenvalue weighted by atomic mass is 10.4. The number of hydrogen-bond donors (Lipinski definition) is 1. The average molecular weight is 122 g/mol. The quantitative estimate of drug-likeness (QED) is 0.604. The van der Waals surface area contributed by atoms with Crippen molar-refractivity contribution in [3.63, 3.8) is 0 Å². The van der Waals surface area contributed by atoms with Crippen molar-refractivity contribution >= 4 is 6.08 Å². The highest BCUT2D eigenvalue weighted by Gasteiger charge is 1.87. The molecule has 2 nitrogen and oxygen atoms in total. The Balaban J connectivity index is 2.85. The highest BCUT2D eigenvalue weighted by atomic mass is 14.9. The zero-order chi connectivity index (χ0) is 6.69. The fraction of sp³-hybridized carbons (Fsp3) is 0.286. The molecule has 1 N–H and O–H groups in total. The lowest BCUT2D eigenvalue weighted by Gasteiger charge is -1.79. The van der Waals surface area contributed by atoms with Crippen LogP contribution in [0, 0.1) is 6.92 Å². The van der Waals surface area contributed by atoms with E-state index >= 15 is 0 Å². The Bertz CT molecular complexity index is 210. The molecule has 0 amide bonds. The maximum absolute atomic E-state index is 4.03. The molecule has 0 saturated heterocycles. The second-order valence-electron chi connectivity index (χ2n) is 1.92. The van der Waals surface area contributed by atoms with Crippen molar-refractivity contribution < 1.29 is 0 Å². The van der Waals surface area contributed by atoms with Crippen LogP contribution in [0.15, 0.2) is 12.3 Å². The molecule has 0 bridgehead atoms. The zero-order valence-corrected chi connectivity index (χ0v) is 5.68. The van der Waals surface area contributed by atoms with Gasteiger partial charge < -0.3 is 4.98 Å². The summed E-state index contributed by atoms with van der Waals surface area (Å²) < 4.78 is 0. The summed E-state index contributed by atoms with van der Waals surface area (Å²) in [5.74, 6) is 0.961. The Morgan fingerprint density at radius 3 is 2.89 bits per heavy atom. The fourth-order valence-electron chi connectivity index (χ4n) is 0.704. The molecule has 1 rings (SSSR count). The minimum atomic E-state index is 0.961. The molecule has 0 aliphatic carbocycles. The van der Waals surface area contributed by atoms with Gasteiger partial charge in [-0.2, -0.15) is 0 Å². The van der Waals surface area contributed by atoms with E-state index in [4.69, 9.17) is 0 Å². The Morgan fingerprint density at radius 1 is 1.67 bits per heavy atom. The first-order valence-electron chi connectivity index (χ1n) is 2.97. The number of nitrogens with zero attached hydrogens (tertiary/aromatic N) is 1. The van der Waals surface area contributed by atoms with Crippen molar-refractivity contribution in [3.05, 3.63) is 23.8 Å². The number of aryl methyl sites for hydroxylation is 1. The predicted molar refractivity (Wildman–Crippen MR) is 38.0 cm³/mol. The van der Waals surface area contributed by atoms with Crippen LogP contribution in [-0.2, 0) is 0 Å². The van der Waals surface area contributed by atoms with Crippen LogP contribution in [0.4, 0.5) is 0 Å². The van der Waals surface area contributed by atoms with Crippen LogP contribution in [0.3, 0.4) is 0 Å². The van der Waals surface area contributed by atoms with Gasteiger partial charge in [-0.25, -0.2) is 4.98 Å². The molecule has 0 fully saturated rings. The van der Waals surface area contributed by atoms with E-state index in [0.29, 0.717) is 0 Å². The Hall–Kier alpha value is -1.05. The van der Waals surface area contributed by atoms with Gasteiger partial charge in [-0.3, -0.25) is 0 Å². The summed E-state index contributed by atoms with van der Waals surface area (Å²) in [5, 5.41) is 0. The van der Waals surface area contributed by atoms with E-state index in [-0.39, 0.29) is 0 Å². The molecule has 9 heavy (non-hydrogen) atoms. The molecule has 1 aromatic rings. The summed E-state index contributed by atoms with van der Waals surface area (Å²) in [5.41, 5.74) is 1.06. The van der Waals surface area contributed by atoms with Gasteiger partial charge in [-0.15, -0.1) is 0 Å². The first-order valence-corrected chi connectivity index (χ1v) is 2.97. The molecule has 0 aliphatic heterocycles. The van der Waals surface area contributed by atoms with Crippen molar-refractivity contribution in [1.82, 2.24) is 9.97 Å². The largest absolute Gasteiger partial charge is 0.343 e. The van der Waals surface area contributed by atoms with Crippen LogP contribution >= 0.6 is 0 Å². The third-order valence-corrected chi connectivity index (χ3v) is 1.07. The second kappa shape index (κ2) is 2.49. The number of hydrogen-bond acceptors (Lipinski definition) is 1. The lowest BCUT2D eigenvalue weighted by Crippen LogP contribution is -1.71. The van der Waals surface area contributed by atoms with Gasteiger partial charge in [0.25, 0.3) is 0 Å². The Labute approximate surface area is 54.6 Å². The minimum Gasteiger partial charge on any atom is -0.343 e. The van der Waals surface area contributed by atoms with Crippen molar-refractivity contribution in [1.29, 1.82) is 0 Å². The number of aromatic amines is 1. The third kappa shape index (κ3) is 1.42. The number of H-pyrrole nitrogens is 1. The van der Waals surface area contributed by atoms with E-state index in [1.165, 1.54) is 0 Å². The second-order valence-corrected chi connectivity index (χ2v) is 1.92. The summed E-state index contributed by atoms with van der Waals surface area (Å²) >= 11 is 0. The van der Waals surface area contributed by atoms with Crippen molar-refractivity contribution in [2.45, 2.75) is 13.8 Å². The molecule has 1 heterocycles. The number of rotatable bonds is 1. The van der Waals surface area contributed by atoms with E-state index in [0.717, 1.165) is 11.5 Å². The number of nitrogens with one attached hydrogen (secondary N) is 1. The number of imidazole rings is 1. The van der Waals surface area contributed by atoms with Gasteiger partial charge in [0.15, 0.2) is 0 Å². The van der Waals surface area contributed by atoms with Gasteiger partial charge in [0.05, 0.1) is 11.9 Å². The molecule has 2 heteroatoms. The highest BCUT2D eigenvalue weighted by Crippen LogP contribution is 1.96. The van der Waals surface area contributed by atoms with E-state index in [2.05, 4.69) is 9.97 Å². The predicted octanol–water partition coefficient (Wildman–Crippen LogP) is 1.75. The van der Waals surface area contributed by atoms with Crippen LogP contribution in [0.5, 0.6) is 0 Å². The average Bonchev–Trinajstić information content (AvgIpc) is 2.17. The standard InChI is InChI=1S/C7H10N2/c1-3-4-7-5-8-6(2)9-7/h3-5H,1-2H3,(H,8,9)/b4-3+. The molecule has 0 unspecified atom stereocenters. The monoisotopic (exact) mass is 122 g/mol. The first kappa shape index (κ1) is 6.08. The normalized spacial score (nSPS) is 10.9. The third-order valence-electron chi connectivity index (χ3n) is 1.07. The summed E-state index contributed by atoms with van der Waals surface area (Å²) in [6, 6.07) is 0. The highest BCUT2D eigenvalue weighted by molar-refractivity contribution is 5.42. The summed E-state index contributed by atoms with van der Waals surface area (Å²) in [6.07, 6.45) is 5.78. The summed E-state index contributed by atoms with van der Waals surface area (Å²) in [6.45, 7) is 3.92. The van der Waals surface area contributed by atoms with Gasteiger partial charge in [-0.05, 0) is 19.9 Å². The molecular formula is C7H10N2. The van der Waals surface area contributed by atoms with Crippen molar-refractivity contribution in [2.75, 3.05) is 0 Å². The van der Waals surface area contributed by atoms with Crippen LogP contribution in [-0.4, -0.2) is 9.97 Å². The topological polar surface area (TPSA) is 28.7 Å². The van der Waals surface area contributed by atoms with Crippen LogP contribution in [0.1, 0.15) is 18.4 Å². The zero-order valence-electron chi connectivity index (χ0n) is 5.68. The Kier molecular flexibility index (Phi) is 1.68. The van der Waals surface area contributed by atoms with E-state index < -0.39 is 0 Å². The summed E-state index contributed by atoms with van der Waals surface area (Å²) in [4.78, 5) is 7.11. The molecule has 0 radical (unpaired) electrons. The maximum atomic E-state index is 4.03. The van der Waals surface area contributed by atoms with Crippen LogP contribution in [0.2, 0.25) is 0 Å². The molecule has 1 aromatic heterocycles. The van der Waals surface area contributed by atoms with Crippen LogP contribution < -0.4 is 0 Å². The number of aromatic nitrogens is 2. The summed E-state index contributed by atoms with van der Waals surface area (Å²) in [7, 11) is 0. The molecule has 0 atom stereocenters. The van der Waals surface area contributed by atoms with E-state index in [1.54, 1.807) is 0 Å². The SMILES string of the molecule is C/C=C/c1cnc(C)[nH]1. The van der Waals surface area contributed by atoms with Gasteiger partial charge in [0.2, 0.25) is 0 Å².